The summed E-state index contributed by atoms with van der Waals surface area (Å²) in [6.45, 7) is 3.60. The van der Waals surface area contributed by atoms with E-state index in [1.807, 2.05) is 6.92 Å². The maximum Gasteiger partial charge on any atom is 0.332 e. The number of hydrogen-bond donors (Lipinski definition) is 1. The van der Waals surface area contributed by atoms with E-state index in [4.69, 9.17) is 11.6 Å². The maximum absolute atomic E-state index is 11.1. The van der Waals surface area contributed by atoms with Crippen molar-refractivity contribution in [2.24, 2.45) is 5.92 Å². The lowest BCUT2D eigenvalue weighted by Crippen LogP contribution is -2.25. The number of nitrogens with one attached hydrogen (secondary N) is 1. The fraction of sp³-hybridized carbons (Fsp3) is 0.667. The lowest BCUT2D eigenvalue weighted by molar-refractivity contribution is -0.385. The van der Waals surface area contributed by atoms with Gasteiger partial charge in [-0.25, -0.2) is 4.98 Å². The van der Waals surface area contributed by atoms with E-state index in [-0.39, 0.29) is 28.5 Å². The number of hydrogen-bond acceptors (Lipinski definition) is 5. The van der Waals surface area contributed by atoms with Crippen molar-refractivity contribution < 1.29 is 4.92 Å². The highest BCUT2D eigenvalue weighted by Crippen LogP contribution is 2.32. The third-order valence-corrected chi connectivity index (χ3v) is 3.85. The van der Waals surface area contributed by atoms with Gasteiger partial charge < -0.3 is 5.32 Å². The Kier molecular flexibility index (Phi) is 4.19. The van der Waals surface area contributed by atoms with Crippen LogP contribution in [0.5, 0.6) is 0 Å². The van der Waals surface area contributed by atoms with E-state index < -0.39 is 4.92 Å². The zero-order valence-corrected chi connectivity index (χ0v) is 11.8. The summed E-state index contributed by atoms with van der Waals surface area (Å²) in [4.78, 5) is 18.4. The molecule has 1 saturated carbocycles. The average molecular weight is 285 g/mol. The van der Waals surface area contributed by atoms with Crippen molar-refractivity contribution >= 4 is 23.1 Å². The van der Waals surface area contributed by atoms with Gasteiger partial charge in [0.15, 0.2) is 0 Å². The minimum absolute atomic E-state index is 0.0317. The van der Waals surface area contributed by atoms with Gasteiger partial charge in [-0.15, -0.1) is 0 Å². The minimum atomic E-state index is -0.463. The molecule has 1 heterocycles. The average Bonchev–Trinajstić information content (AvgIpc) is 2.80. The number of aryl methyl sites for hydroxylation is 1. The Balaban J connectivity index is 2.25. The molecule has 0 radical (unpaired) electrons. The SMILES string of the molecule is Cc1nc(Cl)nc(NC(C)C2CCCC2)c1[N+](=O)[O-]. The fourth-order valence-electron chi connectivity index (χ4n) is 2.64. The minimum Gasteiger partial charge on any atom is -0.361 e. The van der Waals surface area contributed by atoms with Crippen LogP contribution >= 0.6 is 11.6 Å². The lowest BCUT2D eigenvalue weighted by atomic mass is 10.00. The van der Waals surface area contributed by atoms with E-state index in [1.54, 1.807) is 6.92 Å². The molecular formula is C12H17ClN4O2. The highest BCUT2D eigenvalue weighted by molar-refractivity contribution is 6.28. The van der Waals surface area contributed by atoms with Crippen molar-refractivity contribution in [1.29, 1.82) is 0 Å². The van der Waals surface area contributed by atoms with Crippen molar-refractivity contribution in [1.82, 2.24) is 9.97 Å². The standard InChI is InChI=1S/C12H17ClN4O2/c1-7(9-5-3-4-6-9)14-11-10(17(18)19)8(2)15-12(13)16-11/h7,9H,3-6H2,1-2H3,(H,14,15,16). The van der Waals surface area contributed by atoms with E-state index in [0.717, 1.165) is 12.8 Å². The van der Waals surface area contributed by atoms with Gasteiger partial charge in [-0.3, -0.25) is 10.1 Å². The summed E-state index contributed by atoms with van der Waals surface area (Å²) in [5, 5.41) is 14.3. The molecule has 0 spiro atoms. The molecule has 1 aliphatic rings. The molecule has 104 valence electrons. The number of nitrogens with zero attached hydrogens (tertiary/aromatic N) is 3. The molecule has 0 amide bonds. The molecule has 0 saturated heterocycles. The zero-order chi connectivity index (χ0) is 14.0. The van der Waals surface area contributed by atoms with Crippen LogP contribution in [0.3, 0.4) is 0 Å². The second-order valence-electron chi connectivity index (χ2n) is 5.01. The van der Waals surface area contributed by atoms with Gasteiger partial charge in [-0.05, 0) is 44.2 Å². The Hall–Kier alpha value is -1.43. The number of rotatable bonds is 4. The fourth-order valence-corrected chi connectivity index (χ4v) is 2.85. The second-order valence-corrected chi connectivity index (χ2v) is 5.35. The Labute approximate surface area is 116 Å². The molecule has 1 unspecified atom stereocenters. The monoisotopic (exact) mass is 284 g/mol. The van der Waals surface area contributed by atoms with Crippen LogP contribution in [0.1, 0.15) is 38.3 Å². The van der Waals surface area contributed by atoms with Gasteiger partial charge in [0.2, 0.25) is 11.1 Å². The molecule has 2 rings (SSSR count). The van der Waals surface area contributed by atoms with E-state index in [0.29, 0.717) is 5.92 Å². The van der Waals surface area contributed by atoms with Crippen molar-refractivity contribution in [3.05, 3.63) is 21.1 Å². The van der Waals surface area contributed by atoms with Crippen LogP contribution in [0.15, 0.2) is 0 Å². The van der Waals surface area contributed by atoms with Crippen LogP contribution in [0.4, 0.5) is 11.5 Å². The zero-order valence-electron chi connectivity index (χ0n) is 11.0. The van der Waals surface area contributed by atoms with E-state index in [1.165, 1.54) is 12.8 Å². The normalized spacial score (nSPS) is 17.4. The molecule has 1 aromatic heterocycles. The smallest absolute Gasteiger partial charge is 0.332 e. The van der Waals surface area contributed by atoms with Crippen molar-refractivity contribution in [2.75, 3.05) is 5.32 Å². The van der Waals surface area contributed by atoms with Gasteiger partial charge in [-0.2, -0.15) is 4.98 Å². The second kappa shape index (κ2) is 5.69. The lowest BCUT2D eigenvalue weighted by Gasteiger charge is -2.20. The van der Waals surface area contributed by atoms with Crippen LogP contribution in [0, 0.1) is 23.0 Å². The van der Waals surface area contributed by atoms with Crippen LogP contribution in [-0.4, -0.2) is 20.9 Å². The van der Waals surface area contributed by atoms with E-state index in [9.17, 15) is 10.1 Å². The maximum atomic E-state index is 11.1. The molecule has 1 atom stereocenters. The molecule has 1 aromatic rings. The molecule has 0 bridgehead atoms. The van der Waals surface area contributed by atoms with E-state index in [2.05, 4.69) is 15.3 Å². The summed E-state index contributed by atoms with van der Waals surface area (Å²) in [6.07, 6.45) is 4.75. The molecular weight excluding hydrogens is 268 g/mol. The number of nitro groups is 1. The van der Waals surface area contributed by atoms with Crippen molar-refractivity contribution in [3.63, 3.8) is 0 Å². The Morgan fingerprint density at radius 1 is 1.42 bits per heavy atom. The van der Waals surface area contributed by atoms with Crippen LogP contribution in [0.25, 0.3) is 0 Å². The molecule has 0 aliphatic heterocycles. The Morgan fingerprint density at radius 3 is 2.63 bits per heavy atom. The summed E-state index contributed by atoms with van der Waals surface area (Å²) < 4.78 is 0. The summed E-state index contributed by atoms with van der Waals surface area (Å²) in [5.41, 5.74) is 0.195. The predicted molar refractivity (Wildman–Crippen MR) is 73.5 cm³/mol. The first-order chi connectivity index (χ1) is 8.99. The predicted octanol–water partition coefficient (Wildman–Crippen LogP) is 3.34. The van der Waals surface area contributed by atoms with Gasteiger partial charge >= 0.3 is 5.69 Å². The van der Waals surface area contributed by atoms with Gasteiger partial charge in [0, 0.05) is 6.04 Å². The summed E-state index contributed by atoms with van der Waals surface area (Å²) in [5.74, 6) is 0.760. The topological polar surface area (TPSA) is 81.0 Å². The van der Waals surface area contributed by atoms with Crippen LogP contribution in [-0.2, 0) is 0 Å². The van der Waals surface area contributed by atoms with Gasteiger partial charge in [0.1, 0.15) is 5.69 Å². The van der Waals surface area contributed by atoms with Gasteiger partial charge in [0.25, 0.3) is 0 Å². The quantitative estimate of drug-likeness (QED) is 0.521. The molecule has 19 heavy (non-hydrogen) atoms. The van der Waals surface area contributed by atoms with Crippen LogP contribution in [0.2, 0.25) is 5.28 Å². The highest BCUT2D eigenvalue weighted by atomic mass is 35.5. The van der Waals surface area contributed by atoms with Crippen molar-refractivity contribution in [2.45, 2.75) is 45.6 Å². The first kappa shape index (κ1) is 14.0. The molecule has 1 aliphatic carbocycles. The molecule has 1 fully saturated rings. The highest BCUT2D eigenvalue weighted by Gasteiger charge is 2.27. The molecule has 6 nitrogen and oxygen atoms in total. The molecule has 0 aromatic carbocycles. The molecule has 1 N–H and O–H groups in total. The first-order valence-corrected chi connectivity index (χ1v) is 6.82. The van der Waals surface area contributed by atoms with Gasteiger partial charge in [0.05, 0.1) is 4.92 Å². The summed E-state index contributed by atoms with van der Waals surface area (Å²) in [7, 11) is 0. The summed E-state index contributed by atoms with van der Waals surface area (Å²) in [6, 6.07) is 0.145. The number of aromatic nitrogens is 2. The first-order valence-electron chi connectivity index (χ1n) is 6.44. The number of anilines is 1. The Morgan fingerprint density at radius 2 is 2.05 bits per heavy atom. The third kappa shape index (κ3) is 3.12. The number of halogens is 1. The third-order valence-electron chi connectivity index (χ3n) is 3.68. The summed E-state index contributed by atoms with van der Waals surface area (Å²) >= 11 is 5.79. The van der Waals surface area contributed by atoms with Gasteiger partial charge in [-0.1, -0.05) is 12.8 Å². The van der Waals surface area contributed by atoms with Crippen LogP contribution < -0.4 is 5.32 Å². The Bertz CT molecular complexity index is 489. The van der Waals surface area contributed by atoms with E-state index >= 15 is 0 Å². The largest absolute Gasteiger partial charge is 0.361 e. The van der Waals surface area contributed by atoms with Crippen molar-refractivity contribution in [3.8, 4) is 0 Å². The molecule has 7 heteroatoms.